The van der Waals surface area contributed by atoms with Crippen molar-refractivity contribution in [1.82, 2.24) is 5.32 Å². The third kappa shape index (κ3) is 9.39. The highest BCUT2D eigenvalue weighted by Crippen LogP contribution is 1.96. The second kappa shape index (κ2) is 4.31. The number of hydrogen-bond acceptors (Lipinski definition) is 3. The second-order valence-corrected chi connectivity index (χ2v) is 3.13. The molecule has 0 saturated heterocycles. The first kappa shape index (κ1) is 10.4. The van der Waals surface area contributed by atoms with E-state index in [9.17, 15) is 9.90 Å². The Balaban J connectivity index is 3.22. The summed E-state index contributed by atoms with van der Waals surface area (Å²) in [6, 6.07) is 0. The summed E-state index contributed by atoms with van der Waals surface area (Å²) in [5, 5.41) is 20.2. The Bertz CT molecular complexity index is 128. The molecule has 0 aromatic carbocycles. The van der Waals surface area contributed by atoms with Gasteiger partial charge in [0.2, 0.25) is 0 Å². The molecule has 0 aliphatic carbocycles. The fourth-order valence-corrected chi connectivity index (χ4v) is 0.590. The molecule has 66 valence electrons. The first-order chi connectivity index (χ1) is 4.92. The van der Waals surface area contributed by atoms with Crippen LogP contribution in [0.2, 0.25) is 0 Å². The number of aliphatic carboxylic acids is 1. The predicted molar refractivity (Wildman–Crippen MR) is 41.4 cm³/mol. The Labute approximate surface area is 66.2 Å². The van der Waals surface area contributed by atoms with Crippen molar-refractivity contribution >= 4 is 5.97 Å². The number of nitrogens with one attached hydrogen (secondary N) is 1. The van der Waals surface area contributed by atoms with Gasteiger partial charge in [0.25, 0.3) is 0 Å². The Morgan fingerprint density at radius 3 is 2.45 bits per heavy atom. The number of carbonyl (C=O) groups is 1. The van der Waals surface area contributed by atoms with Crippen LogP contribution in [0.1, 0.15) is 20.3 Å². The number of rotatable bonds is 5. The van der Waals surface area contributed by atoms with E-state index in [4.69, 9.17) is 5.11 Å². The molecule has 0 aliphatic rings. The van der Waals surface area contributed by atoms with Crippen LogP contribution in [0.15, 0.2) is 0 Å². The van der Waals surface area contributed by atoms with Gasteiger partial charge in [-0.1, -0.05) is 0 Å². The number of carboxylic acid groups (broad SMARTS) is 1. The molecule has 0 aromatic rings. The van der Waals surface area contributed by atoms with E-state index < -0.39 is 11.6 Å². The average molecular weight is 161 g/mol. The van der Waals surface area contributed by atoms with Gasteiger partial charge in [0.05, 0.1) is 12.0 Å². The lowest BCUT2D eigenvalue weighted by atomic mass is 10.1. The summed E-state index contributed by atoms with van der Waals surface area (Å²) in [4.78, 5) is 10.0. The van der Waals surface area contributed by atoms with Gasteiger partial charge in [0, 0.05) is 13.1 Å². The van der Waals surface area contributed by atoms with E-state index in [-0.39, 0.29) is 6.42 Å². The molecular formula is C7H15NO3. The summed E-state index contributed by atoms with van der Waals surface area (Å²) >= 11 is 0. The minimum Gasteiger partial charge on any atom is -0.481 e. The van der Waals surface area contributed by atoms with Gasteiger partial charge in [-0.05, 0) is 13.8 Å². The van der Waals surface area contributed by atoms with Gasteiger partial charge >= 0.3 is 5.97 Å². The molecule has 0 atom stereocenters. The Morgan fingerprint density at radius 1 is 1.55 bits per heavy atom. The summed E-state index contributed by atoms with van der Waals surface area (Å²) < 4.78 is 0. The lowest BCUT2D eigenvalue weighted by Crippen LogP contribution is -2.35. The van der Waals surface area contributed by atoms with Crippen molar-refractivity contribution in [3.8, 4) is 0 Å². The van der Waals surface area contributed by atoms with Crippen LogP contribution in [-0.2, 0) is 4.79 Å². The van der Waals surface area contributed by atoms with Gasteiger partial charge in [-0.25, -0.2) is 0 Å². The van der Waals surface area contributed by atoms with Crippen LogP contribution < -0.4 is 5.32 Å². The van der Waals surface area contributed by atoms with Gasteiger partial charge in [-0.3, -0.25) is 4.79 Å². The maximum absolute atomic E-state index is 10.0. The van der Waals surface area contributed by atoms with Gasteiger partial charge in [0.15, 0.2) is 0 Å². The molecule has 4 heteroatoms. The lowest BCUT2D eigenvalue weighted by molar-refractivity contribution is -0.136. The first-order valence-corrected chi connectivity index (χ1v) is 3.57. The first-order valence-electron chi connectivity index (χ1n) is 3.57. The van der Waals surface area contributed by atoms with Crippen LogP contribution in [0.5, 0.6) is 0 Å². The van der Waals surface area contributed by atoms with E-state index in [1.807, 2.05) is 0 Å². The lowest BCUT2D eigenvalue weighted by Gasteiger charge is -2.16. The third-order valence-corrected chi connectivity index (χ3v) is 1.07. The van der Waals surface area contributed by atoms with Crippen LogP contribution in [0.3, 0.4) is 0 Å². The van der Waals surface area contributed by atoms with Crippen LogP contribution in [0.25, 0.3) is 0 Å². The summed E-state index contributed by atoms with van der Waals surface area (Å²) in [5.41, 5.74) is -0.765. The van der Waals surface area contributed by atoms with Crippen molar-refractivity contribution in [2.45, 2.75) is 25.9 Å². The largest absolute Gasteiger partial charge is 0.481 e. The zero-order valence-electron chi connectivity index (χ0n) is 6.92. The maximum Gasteiger partial charge on any atom is 0.304 e. The minimum atomic E-state index is -0.826. The van der Waals surface area contributed by atoms with E-state index >= 15 is 0 Å². The summed E-state index contributed by atoms with van der Waals surface area (Å²) in [6.45, 7) is 4.15. The highest BCUT2D eigenvalue weighted by molar-refractivity contribution is 5.66. The molecule has 4 nitrogen and oxygen atoms in total. The second-order valence-electron chi connectivity index (χ2n) is 3.13. The van der Waals surface area contributed by atoms with Crippen molar-refractivity contribution in [3.05, 3.63) is 0 Å². The number of hydrogen-bond donors (Lipinski definition) is 3. The molecule has 0 radical (unpaired) electrons. The smallest absolute Gasteiger partial charge is 0.304 e. The number of aliphatic hydroxyl groups is 1. The molecule has 0 amide bonds. The molecule has 0 aromatic heterocycles. The molecule has 0 saturated carbocycles. The monoisotopic (exact) mass is 161 g/mol. The van der Waals surface area contributed by atoms with Crippen molar-refractivity contribution in [3.63, 3.8) is 0 Å². The highest BCUT2D eigenvalue weighted by Gasteiger charge is 2.10. The van der Waals surface area contributed by atoms with Gasteiger partial charge in [0.1, 0.15) is 0 Å². The fourth-order valence-electron chi connectivity index (χ4n) is 0.590. The molecular weight excluding hydrogens is 146 g/mol. The normalized spacial score (nSPS) is 11.5. The molecule has 0 spiro atoms. The van der Waals surface area contributed by atoms with Gasteiger partial charge in [-0.2, -0.15) is 0 Å². The predicted octanol–water partition coefficient (Wildman–Crippen LogP) is -0.178. The third-order valence-electron chi connectivity index (χ3n) is 1.07. The minimum absolute atomic E-state index is 0.0933. The van der Waals surface area contributed by atoms with Crippen LogP contribution in [-0.4, -0.2) is 34.9 Å². The van der Waals surface area contributed by atoms with Crippen LogP contribution >= 0.6 is 0 Å². The van der Waals surface area contributed by atoms with Crippen molar-refractivity contribution in [1.29, 1.82) is 0 Å². The average Bonchev–Trinajstić information content (AvgIpc) is 1.78. The summed E-state index contributed by atoms with van der Waals surface area (Å²) in [7, 11) is 0. The standard InChI is InChI=1S/C7H15NO3/c1-7(2,11)5-8-4-3-6(9)10/h8,11H,3-5H2,1-2H3,(H,9,10). The molecule has 0 bridgehead atoms. The molecule has 0 aliphatic heterocycles. The van der Waals surface area contributed by atoms with E-state index in [2.05, 4.69) is 5.32 Å². The van der Waals surface area contributed by atoms with Crippen molar-refractivity contribution in [2.24, 2.45) is 0 Å². The zero-order valence-corrected chi connectivity index (χ0v) is 6.92. The Morgan fingerprint density at radius 2 is 2.09 bits per heavy atom. The van der Waals surface area contributed by atoms with E-state index in [0.29, 0.717) is 13.1 Å². The van der Waals surface area contributed by atoms with Crippen molar-refractivity contribution in [2.75, 3.05) is 13.1 Å². The molecule has 3 N–H and O–H groups in total. The van der Waals surface area contributed by atoms with Gasteiger partial charge in [-0.15, -0.1) is 0 Å². The Hall–Kier alpha value is -0.610. The van der Waals surface area contributed by atoms with E-state index in [1.165, 1.54) is 0 Å². The van der Waals surface area contributed by atoms with Crippen LogP contribution in [0.4, 0.5) is 0 Å². The Kier molecular flexibility index (Phi) is 4.07. The van der Waals surface area contributed by atoms with E-state index in [1.54, 1.807) is 13.8 Å². The maximum atomic E-state index is 10.0. The summed E-state index contributed by atoms with van der Waals surface area (Å²) in [5.74, 6) is -0.826. The summed E-state index contributed by atoms with van der Waals surface area (Å²) in [6.07, 6.45) is 0.0933. The molecule has 0 unspecified atom stereocenters. The van der Waals surface area contributed by atoms with Gasteiger partial charge < -0.3 is 15.5 Å². The number of carboxylic acids is 1. The van der Waals surface area contributed by atoms with Crippen molar-refractivity contribution < 1.29 is 15.0 Å². The molecule has 11 heavy (non-hydrogen) atoms. The molecule has 0 rings (SSSR count). The molecule has 0 fully saturated rings. The zero-order chi connectivity index (χ0) is 8.91. The van der Waals surface area contributed by atoms with E-state index in [0.717, 1.165) is 0 Å². The fraction of sp³-hybridized carbons (Fsp3) is 0.857. The quantitative estimate of drug-likeness (QED) is 0.489. The highest BCUT2D eigenvalue weighted by atomic mass is 16.4. The topological polar surface area (TPSA) is 69.6 Å². The SMILES string of the molecule is CC(C)(O)CNCCC(=O)O. The molecule has 0 heterocycles. The van der Waals surface area contributed by atoms with Crippen LogP contribution in [0, 0.1) is 0 Å².